The van der Waals surface area contributed by atoms with Crippen molar-refractivity contribution in [2.24, 2.45) is 0 Å². The highest BCUT2D eigenvalue weighted by atomic mass is 19.1. The van der Waals surface area contributed by atoms with E-state index >= 15 is 0 Å². The molecule has 2 aromatic rings. The number of hydrogen-bond acceptors (Lipinski definition) is 8. The summed E-state index contributed by atoms with van der Waals surface area (Å²) in [5, 5.41) is 11.7. The SMILES string of the molecule is CCOc1nc(C)c([N+](=O)[O-])c(N(Cc2ccc(C=O)cc2F)C(=O)OC(C)(C)C)n1. The maximum absolute atomic E-state index is 14.5. The summed E-state index contributed by atoms with van der Waals surface area (Å²) in [6.07, 6.45) is -0.499. The summed E-state index contributed by atoms with van der Waals surface area (Å²) in [5.41, 5.74) is -1.41. The summed E-state index contributed by atoms with van der Waals surface area (Å²) in [5.74, 6) is -1.16. The number of halogens is 1. The van der Waals surface area contributed by atoms with Crippen LogP contribution in [0.1, 0.15) is 49.3 Å². The third-order valence-corrected chi connectivity index (χ3v) is 3.89. The molecule has 0 saturated carbocycles. The largest absolute Gasteiger partial charge is 0.464 e. The van der Waals surface area contributed by atoms with Crippen LogP contribution in [0.15, 0.2) is 18.2 Å². The van der Waals surface area contributed by atoms with E-state index in [4.69, 9.17) is 9.47 Å². The van der Waals surface area contributed by atoms with Gasteiger partial charge >= 0.3 is 17.8 Å². The van der Waals surface area contributed by atoms with Gasteiger partial charge in [-0.1, -0.05) is 12.1 Å². The van der Waals surface area contributed by atoms with Crippen LogP contribution in [0.3, 0.4) is 0 Å². The van der Waals surface area contributed by atoms with Gasteiger partial charge in [-0.25, -0.2) is 9.18 Å². The molecule has 0 atom stereocenters. The van der Waals surface area contributed by atoms with Crippen LogP contribution in [0.25, 0.3) is 0 Å². The molecule has 1 heterocycles. The second kappa shape index (κ2) is 9.45. The topological polar surface area (TPSA) is 125 Å². The first kappa shape index (κ1) is 23.6. The third kappa shape index (κ3) is 5.93. The van der Waals surface area contributed by atoms with Crippen LogP contribution in [0.2, 0.25) is 0 Å². The molecule has 0 radical (unpaired) electrons. The zero-order valence-corrected chi connectivity index (χ0v) is 17.8. The first-order chi connectivity index (χ1) is 14.5. The lowest BCUT2D eigenvalue weighted by Crippen LogP contribution is -2.37. The van der Waals surface area contributed by atoms with Crippen molar-refractivity contribution in [3.8, 4) is 6.01 Å². The lowest BCUT2D eigenvalue weighted by Gasteiger charge is -2.27. The minimum absolute atomic E-state index is 0.0000164. The second-order valence-electron chi connectivity index (χ2n) is 7.49. The van der Waals surface area contributed by atoms with Crippen molar-refractivity contribution in [1.82, 2.24) is 9.97 Å². The summed E-state index contributed by atoms with van der Waals surface area (Å²) in [6.45, 7) is 7.65. The van der Waals surface area contributed by atoms with E-state index in [-0.39, 0.29) is 29.4 Å². The Morgan fingerprint density at radius 3 is 2.52 bits per heavy atom. The lowest BCUT2D eigenvalue weighted by molar-refractivity contribution is -0.385. The summed E-state index contributed by atoms with van der Waals surface area (Å²) >= 11 is 0. The Morgan fingerprint density at radius 2 is 2.00 bits per heavy atom. The molecule has 0 fully saturated rings. The Hall–Kier alpha value is -3.63. The van der Waals surface area contributed by atoms with Gasteiger partial charge in [0.05, 0.1) is 18.1 Å². The number of aromatic nitrogens is 2. The van der Waals surface area contributed by atoms with E-state index < -0.39 is 40.5 Å². The molecular weight excluding hydrogens is 411 g/mol. The molecule has 0 saturated heterocycles. The van der Waals surface area contributed by atoms with Crippen molar-refractivity contribution >= 4 is 23.9 Å². The molecule has 166 valence electrons. The summed E-state index contributed by atoms with van der Waals surface area (Å²) < 4.78 is 25.2. The Bertz CT molecular complexity index is 1010. The highest BCUT2D eigenvalue weighted by molar-refractivity contribution is 5.89. The Morgan fingerprint density at radius 1 is 1.32 bits per heavy atom. The highest BCUT2D eigenvalue weighted by Gasteiger charge is 2.34. The monoisotopic (exact) mass is 434 g/mol. The molecule has 0 aliphatic rings. The van der Waals surface area contributed by atoms with Gasteiger partial charge in [-0.3, -0.25) is 19.8 Å². The number of carbonyl (C=O) groups is 2. The Kier molecular flexibility index (Phi) is 7.21. The molecule has 0 aliphatic heterocycles. The van der Waals surface area contributed by atoms with Gasteiger partial charge in [-0.05, 0) is 40.7 Å². The Balaban J connectivity index is 2.66. The lowest BCUT2D eigenvalue weighted by atomic mass is 10.1. The maximum atomic E-state index is 14.5. The Labute approximate surface area is 178 Å². The van der Waals surface area contributed by atoms with E-state index in [0.717, 1.165) is 11.0 Å². The summed E-state index contributed by atoms with van der Waals surface area (Å²) in [4.78, 5) is 43.6. The number of anilines is 1. The smallest absolute Gasteiger partial charge is 0.416 e. The number of hydrogen-bond donors (Lipinski definition) is 0. The van der Waals surface area contributed by atoms with Crippen LogP contribution < -0.4 is 9.64 Å². The first-order valence-corrected chi connectivity index (χ1v) is 9.36. The van der Waals surface area contributed by atoms with Gasteiger partial charge < -0.3 is 9.47 Å². The zero-order chi connectivity index (χ0) is 23.3. The molecular formula is C20H23FN4O6. The summed E-state index contributed by atoms with van der Waals surface area (Å²) in [6, 6.07) is 3.50. The van der Waals surface area contributed by atoms with Gasteiger partial charge in [-0.15, -0.1) is 0 Å². The number of carbonyl (C=O) groups excluding carboxylic acids is 2. The molecule has 0 spiro atoms. The molecule has 0 N–H and O–H groups in total. The average Bonchev–Trinajstić information content (AvgIpc) is 2.64. The van der Waals surface area contributed by atoms with Crippen LogP contribution in [0, 0.1) is 22.9 Å². The molecule has 1 aromatic carbocycles. The first-order valence-electron chi connectivity index (χ1n) is 9.36. The van der Waals surface area contributed by atoms with E-state index in [9.17, 15) is 24.1 Å². The van der Waals surface area contributed by atoms with Crippen LogP contribution >= 0.6 is 0 Å². The standard InChI is InChI=1S/C20H23FN4O6/c1-6-30-18-22-12(2)16(25(28)29)17(23-18)24(19(27)31-20(3,4)5)10-14-8-7-13(11-26)9-15(14)21/h7-9,11H,6,10H2,1-5H3. The van der Waals surface area contributed by atoms with Crippen molar-refractivity contribution in [3.63, 3.8) is 0 Å². The normalized spacial score (nSPS) is 11.0. The molecule has 1 aromatic heterocycles. The number of aryl methyl sites for hydroxylation is 1. The predicted octanol–water partition coefficient (Wildman–Crippen LogP) is 3.99. The molecule has 0 aliphatic carbocycles. The highest BCUT2D eigenvalue weighted by Crippen LogP contribution is 2.33. The van der Waals surface area contributed by atoms with E-state index in [1.54, 1.807) is 27.7 Å². The van der Waals surface area contributed by atoms with Gasteiger partial charge in [0, 0.05) is 11.1 Å². The van der Waals surface area contributed by atoms with Gasteiger partial charge in [0.25, 0.3) is 0 Å². The molecule has 10 nitrogen and oxygen atoms in total. The van der Waals surface area contributed by atoms with Crippen LogP contribution in [0.4, 0.5) is 20.7 Å². The van der Waals surface area contributed by atoms with E-state index in [1.165, 1.54) is 19.1 Å². The fourth-order valence-electron chi connectivity index (χ4n) is 2.60. The summed E-state index contributed by atoms with van der Waals surface area (Å²) in [7, 11) is 0. The number of ether oxygens (including phenoxy) is 2. The fraction of sp³-hybridized carbons (Fsp3) is 0.400. The number of amides is 1. The molecule has 31 heavy (non-hydrogen) atoms. The zero-order valence-electron chi connectivity index (χ0n) is 17.8. The van der Waals surface area contributed by atoms with Gasteiger partial charge in [0.2, 0.25) is 5.82 Å². The minimum Gasteiger partial charge on any atom is -0.464 e. The van der Waals surface area contributed by atoms with Gasteiger partial charge in [0.15, 0.2) is 0 Å². The van der Waals surface area contributed by atoms with Crippen molar-refractivity contribution in [3.05, 3.63) is 51.0 Å². The van der Waals surface area contributed by atoms with E-state index in [2.05, 4.69) is 9.97 Å². The average molecular weight is 434 g/mol. The van der Waals surface area contributed by atoms with Crippen molar-refractivity contribution in [2.45, 2.75) is 46.8 Å². The van der Waals surface area contributed by atoms with E-state index in [1.807, 2.05) is 0 Å². The maximum Gasteiger partial charge on any atom is 0.416 e. The number of nitro groups is 1. The molecule has 0 unspecified atom stereocenters. The van der Waals surface area contributed by atoms with Gasteiger partial charge in [0.1, 0.15) is 23.4 Å². The van der Waals surface area contributed by atoms with Gasteiger partial charge in [-0.2, -0.15) is 9.97 Å². The van der Waals surface area contributed by atoms with E-state index in [0.29, 0.717) is 6.29 Å². The van der Waals surface area contributed by atoms with Crippen LogP contribution in [-0.4, -0.2) is 39.5 Å². The molecule has 0 bridgehead atoms. The molecule has 11 heteroatoms. The van der Waals surface area contributed by atoms with Crippen molar-refractivity contribution < 1.29 is 28.4 Å². The molecule has 1 amide bonds. The van der Waals surface area contributed by atoms with Crippen LogP contribution in [-0.2, 0) is 11.3 Å². The minimum atomic E-state index is -0.977. The predicted molar refractivity (Wildman–Crippen MR) is 109 cm³/mol. The number of nitrogens with zero attached hydrogens (tertiary/aromatic N) is 4. The number of benzene rings is 1. The third-order valence-electron chi connectivity index (χ3n) is 3.89. The number of aldehydes is 1. The molecule has 2 rings (SSSR count). The fourth-order valence-corrected chi connectivity index (χ4v) is 2.60. The van der Waals surface area contributed by atoms with Crippen LogP contribution in [0.5, 0.6) is 6.01 Å². The quantitative estimate of drug-likeness (QED) is 0.364. The van der Waals surface area contributed by atoms with Crippen molar-refractivity contribution in [2.75, 3.05) is 11.5 Å². The number of rotatable bonds is 7. The second-order valence-corrected chi connectivity index (χ2v) is 7.49. The van der Waals surface area contributed by atoms with Crippen molar-refractivity contribution in [1.29, 1.82) is 0 Å².